The molecule has 38 heavy (non-hydrogen) atoms. The number of benzene rings is 1. The lowest BCUT2D eigenvalue weighted by Crippen LogP contribution is -2.47. The van der Waals surface area contributed by atoms with Crippen LogP contribution in [-0.4, -0.2) is 72.1 Å². The molecule has 212 valence electrons. The van der Waals surface area contributed by atoms with Crippen molar-refractivity contribution in [3.63, 3.8) is 0 Å². The number of phenols is 1. The second-order valence-electron chi connectivity index (χ2n) is 9.62. The second-order valence-corrected chi connectivity index (χ2v) is 12.2. The normalized spacial score (nSPS) is 21.1. The number of carboxylic acid groups (broad SMARTS) is 1. The number of carbonyl (C=O) groups excluding carboxylic acids is 1. The molecule has 0 unspecified atom stereocenters. The number of anilines is 1. The van der Waals surface area contributed by atoms with Crippen LogP contribution in [0, 0.1) is 0 Å². The molecule has 2 amide bonds. The molecule has 14 heteroatoms. The molecular weight excluding hydrogens is 551 g/mol. The van der Waals surface area contributed by atoms with E-state index >= 15 is 0 Å². The zero-order valence-electron chi connectivity index (χ0n) is 20.7. The zero-order valence-corrected chi connectivity index (χ0v) is 22.3. The van der Waals surface area contributed by atoms with E-state index in [1.807, 2.05) is 6.92 Å². The highest BCUT2D eigenvalue weighted by Crippen LogP contribution is 2.41. The monoisotopic (exact) mass is 581 g/mol. The number of aromatic hydroxyl groups is 1. The number of phenolic OH excluding ortho intramolecular Hbond substituents is 1. The van der Waals surface area contributed by atoms with Gasteiger partial charge in [-0.3, -0.25) is 0 Å². The summed E-state index contributed by atoms with van der Waals surface area (Å²) in [6.45, 7) is 3.43. The Morgan fingerprint density at radius 3 is 2.18 bits per heavy atom. The number of aliphatic carboxylic acids is 1. The fourth-order valence-electron chi connectivity index (χ4n) is 4.74. The number of amides is 2. The SMILES string of the molecule is CC1=CCC[C@H]1NC(=O)Nc1ccc(Cl)c(S(=O)(=O)C2CCN(C3CCC3)CC2)c1O.O=C(O)C(F)(F)F. The molecular formula is C24H31ClF3N3O6S. The summed E-state index contributed by atoms with van der Waals surface area (Å²) in [6, 6.07) is 2.87. The van der Waals surface area contributed by atoms with Gasteiger partial charge in [0.25, 0.3) is 0 Å². The lowest BCUT2D eigenvalue weighted by Gasteiger charge is -2.41. The van der Waals surface area contributed by atoms with Crippen LogP contribution >= 0.6 is 11.6 Å². The fraction of sp³-hybridized carbons (Fsp3) is 0.583. The van der Waals surface area contributed by atoms with E-state index in [1.165, 1.54) is 31.4 Å². The standard InChI is InChI=1S/C22H30ClN3O4S.C2HF3O2/c1-14-4-2-7-18(14)24-22(28)25-19-9-8-17(23)21(20(19)27)31(29,30)16-10-12-26(13-11-16)15-5-3-6-15;3-2(4,5)1(6)7/h4,8-9,15-16,18,27H,2-3,5-7,10-13H2,1H3,(H2,24,25,28);(H,6,7)/t18-;/m1./s1. The van der Waals surface area contributed by atoms with Gasteiger partial charge in [0.2, 0.25) is 0 Å². The molecule has 4 rings (SSSR count). The lowest BCUT2D eigenvalue weighted by molar-refractivity contribution is -0.192. The van der Waals surface area contributed by atoms with Crippen LogP contribution in [0.4, 0.5) is 23.7 Å². The smallest absolute Gasteiger partial charge is 0.490 e. The molecule has 3 aliphatic rings. The molecule has 1 heterocycles. The second kappa shape index (κ2) is 12.1. The number of nitrogens with one attached hydrogen (secondary N) is 2. The van der Waals surface area contributed by atoms with Crippen molar-refractivity contribution in [1.29, 1.82) is 0 Å². The molecule has 4 N–H and O–H groups in total. The van der Waals surface area contributed by atoms with Gasteiger partial charge in [0.1, 0.15) is 4.90 Å². The van der Waals surface area contributed by atoms with E-state index in [0.29, 0.717) is 18.9 Å². The molecule has 1 aromatic carbocycles. The fourth-order valence-corrected chi connectivity index (χ4v) is 7.10. The van der Waals surface area contributed by atoms with Crippen molar-refractivity contribution < 1.29 is 41.4 Å². The van der Waals surface area contributed by atoms with Crippen LogP contribution in [0.5, 0.6) is 5.75 Å². The number of carboxylic acids is 1. The third-order valence-corrected chi connectivity index (χ3v) is 9.90. The number of alkyl halides is 3. The summed E-state index contributed by atoms with van der Waals surface area (Å²) in [5.41, 5.74) is 1.12. The van der Waals surface area contributed by atoms with Gasteiger partial charge in [0, 0.05) is 6.04 Å². The molecule has 0 radical (unpaired) electrons. The Morgan fingerprint density at radius 1 is 1.11 bits per heavy atom. The summed E-state index contributed by atoms with van der Waals surface area (Å²) in [6.07, 6.45) is 3.38. The number of rotatable bonds is 5. The van der Waals surface area contributed by atoms with E-state index in [2.05, 4.69) is 21.6 Å². The highest BCUT2D eigenvalue weighted by Gasteiger charge is 2.39. The Kier molecular flexibility index (Phi) is 9.58. The van der Waals surface area contributed by atoms with Crippen molar-refractivity contribution in [2.45, 2.75) is 80.3 Å². The molecule has 1 aliphatic heterocycles. The van der Waals surface area contributed by atoms with Crippen LogP contribution in [0.2, 0.25) is 5.02 Å². The summed E-state index contributed by atoms with van der Waals surface area (Å²) in [5, 5.41) is 22.7. The van der Waals surface area contributed by atoms with Crippen LogP contribution in [0.3, 0.4) is 0 Å². The first-order valence-electron chi connectivity index (χ1n) is 12.3. The van der Waals surface area contributed by atoms with E-state index in [-0.39, 0.29) is 21.6 Å². The molecule has 1 aromatic rings. The van der Waals surface area contributed by atoms with E-state index in [9.17, 15) is 31.5 Å². The average molecular weight is 582 g/mol. The van der Waals surface area contributed by atoms with E-state index < -0.39 is 39.0 Å². The Morgan fingerprint density at radius 2 is 1.71 bits per heavy atom. The third-order valence-electron chi connectivity index (χ3n) is 7.14. The van der Waals surface area contributed by atoms with Crippen LogP contribution in [0.1, 0.15) is 51.9 Å². The molecule has 0 spiro atoms. The maximum absolute atomic E-state index is 13.3. The van der Waals surface area contributed by atoms with Gasteiger partial charge in [-0.05, 0) is 70.7 Å². The maximum atomic E-state index is 13.3. The number of halogens is 4. The number of likely N-dealkylation sites (tertiary alicyclic amines) is 1. The minimum Gasteiger partial charge on any atom is -0.504 e. The summed E-state index contributed by atoms with van der Waals surface area (Å²) in [5.74, 6) is -3.25. The number of sulfone groups is 1. The summed E-state index contributed by atoms with van der Waals surface area (Å²) >= 11 is 6.22. The van der Waals surface area contributed by atoms with Crippen molar-refractivity contribution in [3.8, 4) is 5.75 Å². The minimum absolute atomic E-state index is 0.0283. The van der Waals surface area contributed by atoms with Gasteiger partial charge in [-0.2, -0.15) is 13.2 Å². The van der Waals surface area contributed by atoms with E-state index in [4.69, 9.17) is 21.5 Å². The van der Waals surface area contributed by atoms with Crippen molar-refractivity contribution in [2.24, 2.45) is 0 Å². The Balaban J connectivity index is 0.000000505. The molecule has 2 aliphatic carbocycles. The van der Waals surface area contributed by atoms with Crippen molar-refractivity contribution >= 4 is 39.1 Å². The van der Waals surface area contributed by atoms with Crippen molar-refractivity contribution in [2.75, 3.05) is 18.4 Å². The Labute approximate surface area is 223 Å². The summed E-state index contributed by atoms with van der Waals surface area (Å²) < 4.78 is 58.4. The molecule has 2 fully saturated rings. The van der Waals surface area contributed by atoms with Gasteiger partial charge >= 0.3 is 18.2 Å². The molecule has 9 nitrogen and oxygen atoms in total. The number of carbonyl (C=O) groups is 2. The molecule has 0 aromatic heterocycles. The van der Waals surface area contributed by atoms with Crippen LogP contribution < -0.4 is 10.6 Å². The lowest BCUT2D eigenvalue weighted by atomic mass is 9.90. The quantitative estimate of drug-likeness (QED) is 0.292. The predicted octanol–water partition coefficient (Wildman–Crippen LogP) is 4.70. The first-order valence-corrected chi connectivity index (χ1v) is 14.2. The number of hydrogen-bond donors (Lipinski definition) is 4. The van der Waals surface area contributed by atoms with E-state index in [0.717, 1.165) is 31.5 Å². The number of hydrogen-bond acceptors (Lipinski definition) is 6. The Bertz CT molecular complexity index is 1180. The first-order chi connectivity index (χ1) is 17.7. The predicted molar refractivity (Wildman–Crippen MR) is 135 cm³/mol. The molecule has 1 atom stereocenters. The number of allylic oxidation sites excluding steroid dienone is 1. The highest BCUT2D eigenvalue weighted by molar-refractivity contribution is 7.92. The Hall–Kier alpha value is -2.51. The third kappa shape index (κ3) is 7.11. The van der Waals surface area contributed by atoms with Gasteiger partial charge in [0.15, 0.2) is 15.6 Å². The molecule has 1 saturated heterocycles. The number of piperidine rings is 1. The van der Waals surface area contributed by atoms with Crippen LogP contribution in [0.25, 0.3) is 0 Å². The van der Waals surface area contributed by atoms with Gasteiger partial charge in [-0.15, -0.1) is 0 Å². The minimum atomic E-state index is -5.08. The highest BCUT2D eigenvalue weighted by atomic mass is 35.5. The van der Waals surface area contributed by atoms with Gasteiger partial charge in [-0.25, -0.2) is 18.0 Å². The molecule has 0 bridgehead atoms. The summed E-state index contributed by atoms with van der Waals surface area (Å²) in [7, 11) is -3.84. The van der Waals surface area contributed by atoms with Gasteiger partial charge in [0.05, 0.1) is 22.0 Å². The number of nitrogens with zero attached hydrogens (tertiary/aromatic N) is 1. The summed E-state index contributed by atoms with van der Waals surface area (Å²) in [4.78, 5) is 23.4. The topological polar surface area (TPSA) is 136 Å². The van der Waals surface area contributed by atoms with Crippen molar-refractivity contribution in [3.05, 3.63) is 28.8 Å². The first kappa shape index (κ1) is 30.0. The van der Waals surface area contributed by atoms with Gasteiger partial charge in [-0.1, -0.05) is 29.7 Å². The average Bonchev–Trinajstić information content (AvgIpc) is 3.19. The van der Waals surface area contributed by atoms with Crippen LogP contribution in [-0.2, 0) is 14.6 Å². The molecule has 1 saturated carbocycles. The van der Waals surface area contributed by atoms with E-state index in [1.54, 1.807) is 0 Å². The van der Waals surface area contributed by atoms with Crippen LogP contribution in [0.15, 0.2) is 28.7 Å². The maximum Gasteiger partial charge on any atom is 0.490 e. The van der Waals surface area contributed by atoms with Gasteiger partial charge < -0.3 is 25.7 Å². The zero-order chi connectivity index (χ0) is 28.3. The largest absolute Gasteiger partial charge is 0.504 e. The number of urea groups is 1. The van der Waals surface area contributed by atoms with Crippen molar-refractivity contribution in [1.82, 2.24) is 10.2 Å².